The molecule has 2 aromatic carbocycles. The summed E-state index contributed by atoms with van der Waals surface area (Å²) in [5.74, 6) is 1.54. The second-order valence-electron chi connectivity index (χ2n) is 6.47. The predicted molar refractivity (Wildman–Crippen MR) is 98.1 cm³/mol. The molecule has 4 nitrogen and oxygen atoms in total. The van der Waals surface area contributed by atoms with Crippen molar-refractivity contribution in [2.75, 3.05) is 20.2 Å². The van der Waals surface area contributed by atoms with Gasteiger partial charge in [0.15, 0.2) is 17.6 Å². The highest BCUT2D eigenvalue weighted by Crippen LogP contribution is 2.31. The Balaban J connectivity index is 1.65. The van der Waals surface area contributed by atoms with Crippen molar-refractivity contribution in [2.45, 2.75) is 31.8 Å². The van der Waals surface area contributed by atoms with E-state index in [1.165, 1.54) is 0 Å². The normalized spacial score (nSPS) is 17.0. The number of carbonyl (C=O) groups excluding carboxylic acids is 1. The molecule has 0 aliphatic carbocycles. The number of hydrogen-bond acceptors (Lipinski definition) is 3. The third kappa shape index (κ3) is 4.13. The number of fused-ring (bicyclic) bond motifs is 1. The van der Waals surface area contributed by atoms with Crippen LogP contribution < -0.4 is 9.47 Å². The van der Waals surface area contributed by atoms with Crippen molar-refractivity contribution >= 4 is 5.91 Å². The molecule has 0 saturated heterocycles. The maximum atomic E-state index is 13.0. The smallest absolute Gasteiger partial charge is 0.229 e. The molecule has 4 heteroatoms. The number of ether oxygens (including phenoxy) is 2. The standard InChI is InChI=1S/C21H25NO3/c1-3-9-18(16-10-5-4-6-11-16)21(23)22(2)14-17-15-24-19-12-7-8-13-20(19)25-17/h4-8,10-13,17-18H,3,9,14-15H2,1-2H3. The Kier molecular flexibility index (Phi) is 5.59. The Morgan fingerprint density at radius 2 is 1.80 bits per heavy atom. The first-order valence-electron chi connectivity index (χ1n) is 8.87. The number of para-hydroxylation sites is 2. The fraction of sp³-hybridized carbons (Fsp3) is 0.381. The first-order valence-corrected chi connectivity index (χ1v) is 8.87. The van der Waals surface area contributed by atoms with Gasteiger partial charge in [-0.15, -0.1) is 0 Å². The molecule has 2 atom stereocenters. The average Bonchev–Trinajstić information content (AvgIpc) is 2.66. The van der Waals surface area contributed by atoms with E-state index in [1.54, 1.807) is 4.90 Å². The summed E-state index contributed by atoms with van der Waals surface area (Å²) in [6.45, 7) is 3.08. The van der Waals surface area contributed by atoms with Crippen LogP contribution in [0.15, 0.2) is 54.6 Å². The van der Waals surface area contributed by atoms with E-state index in [-0.39, 0.29) is 17.9 Å². The van der Waals surface area contributed by atoms with E-state index in [0.717, 1.165) is 29.9 Å². The fourth-order valence-electron chi connectivity index (χ4n) is 3.22. The first kappa shape index (κ1) is 17.3. The van der Waals surface area contributed by atoms with Gasteiger partial charge >= 0.3 is 0 Å². The maximum absolute atomic E-state index is 13.0. The third-order valence-corrected chi connectivity index (χ3v) is 4.50. The first-order chi connectivity index (χ1) is 12.2. The number of likely N-dealkylation sites (N-methyl/N-ethyl adjacent to an activating group) is 1. The van der Waals surface area contributed by atoms with E-state index >= 15 is 0 Å². The summed E-state index contributed by atoms with van der Waals surface area (Å²) in [7, 11) is 1.85. The molecule has 0 fully saturated rings. The molecule has 1 heterocycles. The van der Waals surface area contributed by atoms with Gasteiger partial charge in [0.25, 0.3) is 0 Å². The van der Waals surface area contributed by atoms with E-state index < -0.39 is 0 Å². The minimum absolute atomic E-state index is 0.104. The van der Waals surface area contributed by atoms with Gasteiger partial charge in [-0.25, -0.2) is 0 Å². The molecule has 25 heavy (non-hydrogen) atoms. The van der Waals surface area contributed by atoms with Gasteiger partial charge in [0.05, 0.1) is 12.5 Å². The highest BCUT2D eigenvalue weighted by Gasteiger charge is 2.27. The molecule has 3 rings (SSSR count). The van der Waals surface area contributed by atoms with E-state index in [0.29, 0.717) is 13.2 Å². The van der Waals surface area contributed by atoms with Gasteiger partial charge in [-0.05, 0) is 24.1 Å². The zero-order valence-corrected chi connectivity index (χ0v) is 14.9. The summed E-state index contributed by atoms with van der Waals surface area (Å²) >= 11 is 0. The molecular weight excluding hydrogens is 314 g/mol. The van der Waals surface area contributed by atoms with Gasteiger partial charge in [-0.1, -0.05) is 55.8 Å². The summed E-state index contributed by atoms with van der Waals surface area (Å²) in [4.78, 5) is 14.8. The molecule has 2 unspecified atom stereocenters. The Bertz CT molecular complexity index is 701. The predicted octanol–water partition coefficient (Wildman–Crippen LogP) is 3.87. The highest BCUT2D eigenvalue weighted by atomic mass is 16.6. The number of rotatable bonds is 6. The quantitative estimate of drug-likeness (QED) is 0.802. The summed E-state index contributed by atoms with van der Waals surface area (Å²) in [6, 6.07) is 17.6. The van der Waals surface area contributed by atoms with Crippen LogP contribution >= 0.6 is 0 Å². The summed E-state index contributed by atoms with van der Waals surface area (Å²) in [6.07, 6.45) is 1.66. The van der Waals surface area contributed by atoms with E-state index in [1.807, 2.05) is 61.6 Å². The van der Waals surface area contributed by atoms with Crippen molar-refractivity contribution < 1.29 is 14.3 Å². The van der Waals surface area contributed by atoms with Crippen LogP contribution in [-0.4, -0.2) is 37.1 Å². The second kappa shape index (κ2) is 8.06. The number of amides is 1. The molecule has 1 amide bonds. The van der Waals surface area contributed by atoms with Crippen LogP contribution in [0.3, 0.4) is 0 Å². The van der Waals surface area contributed by atoms with E-state index in [2.05, 4.69) is 6.92 Å². The van der Waals surface area contributed by atoms with Gasteiger partial charge in [0.2, 0.25) is 5.91 Å². The monoisotopic (exact) mass is 339 g/mol. The van der Waals surface area contributed by atoms with Crippen molar-refractivity contribution in [2.24, 2.45) is 0 Å². The third-order valence-electron chi connectivity index (χ3n) is 4.50. The molecular formula is C21H25NO3. The lowest BCUT2D eigenvalue weighted by molar-refractivity contribution is -0.133. The molecule has 0 N–H and O–H groups in total. The van der Waals surface area contributed by atoms with Gasteiger partial charge in [-0.3, -0.25) is 4.79 Å². The minimum atomic E-state index is -0.151. The minimum Gasteiger partial charge on any atom is -0.486 e. The number of hydrogen-bond donors (Lipinski definition) is 0. The van der Waals surface area contributed by atoms with Crippen LogP contribution in [0.25, 0.3) is 0 Å². The molecule has 0 spiro atoms. The van der Waals surface area contributed by atoms with Crippen molar-refractivity contribution in [1.29, 1.82) is 0 Å². The number of benzene rings is 2. The zero-order valence-electron chi connectivity index (χ0n) is 14.9. The van der Waals surface area contributed by atoms with Crippen molar-refractivity contribution in [1.82, 2.24) is 4.90 Å². The maximum Gasteiger partial charge on any atom is 0.229 e. The van der Waals surface area contributed by atoms with Gasteiger partial charge < -0.3 is 14.4 Å². The van der Waals surface area contributed by atoms with Crippen molar-refractivity contribution in [3.63, 3.8) is 0 Å². The second-order valence-corrected chi connectivity index (χ2v) is 6.47. The van der Waals surface area contributed by atoms with E-state index in [9.17, 15) is 4.79 Å². The Morgan fingerprint density at radius 3 is 2.52 bits per heavy atom. The van der Waals surface area contributed by atoms with E-state index in [4.69, 9.17) is 9.47 Å². The Labute approximate surface area is 149 Å². The summed E-state index contributed by atoms with van der Waals surface area (Å²) in [5, 5.41) is 0. The molecule has 0 aromatic heterocycles. The van der Waals surface area contributed by atoms with Crippen LogP contribution in [0.5, 0.6) is 11.5 Å². The fourth-order valence-corrected chi connectivity index (χ4v) is 3.22. The zero-order chi connectivity index (χ0) is 17.6. The lowest BCUT2D eigenvalue weighted by Crippen LogP contribution is -2.43. The van der Waals surface area contributed by atoms with Gasteiger partial charge in [0, 0.05) is 7.05 Å². The topological polar surface area (TPSA) is 38.8 Å². The SMILES string of the molecule is CCCC(C(=O)N(C)CC1COc2ccccc2O1)c1ccccc1. The largest absolute Gasteiger partial charge is 0.486 e. The van der Waals surface area contributed by atoms with Crippen molar-refractivity contribution in [3.8, 4) is 11.5 Å². The van der Waals surface area contributed by atoms with Gasteiger partial charge in [-0.2, -0.15) is 0 Å². The van der Waals surface area contributed by atoms with Crippen LogP contribution in [0.1, 0.15) is 31.2 Å². The Morgan fingerprint density at radius 1 is 1.12 bits per heavy atom. The van der Waals surface area contributed by atoms with Crippen LogP contribution in [0.4, 0.5) is 0 Å². The molecule has 132 valence electrons. The van der Waals surface area contributed by atoms with Crippen LogP contribution in [0, 0.1) is 0 Å². The lowest BCUT2D eigenvalue weighted by Gasteiger charge is -2.31. The average molecular weight is 339 g/mol. The molecule has 1 aliphatic heterocycles. The summed E-state index contributed by atoms with van der Waals surface area (Å²) < 4.78 is 11.7. The molecule has 0 radical (unpaired) electrons. The van der Waals surface area contributed by atoms with Crippen LogP contribution in [0.2, 0.25) is 0 Å². The number of nitrogens with zero attached hydrogens (tertiary/aromatic N) is 1. The number of carbonyl (C=O) groups is 1. The lowest BCUT2D eigenvalue weighted by atomic mass is 9.93. The molecule has 1 aliphatic rings. The Hall–Kier alpha value is -2.49. The molecule has 0 bridgehead atoms. The molecule has 2 aromatic rings. The highest BCUT2D eigenvalue weighted by molar-refractivity contribution is 5.83. The molecule has 0 saturated carbocycles. The summed E-state index contributed by atoms with van der Waals surface area (Å²) in [5.41, 5.74) is 1.08. The van der Waals surface area contributed by atoms with Gasteiger partial charge in [0.1, 0.15) is 6.61 Å². The van der Waals surface area contributed by atoms with Crippen molar-refractivity contribution in [3.05, 3.63) is 60.2 Å². The van der Waals surface area contributed by atoms with Crippen LogP contribution in [-0.2, 0) is 4.79 Å².